The number of hydrogen-bond donors (Lipinski definition) is 1. The van der Waals surface area contributed by atoms with Crippen LogP contribution in [-0.4, -0.2) is 44.2 Å². The summed E-state index contributed by atoms with van der Waals surface area (Å²) < 4.78 is 7.66. The number of furan rings is 1. The van der Waals surface area contributed by atoms with Crippen LogP contribution in [0, 0.1) is 0 Å². The molecule has 0 atom stereocenters. The molecule has 130 valence electrons. The van der Waals surface area contributed by atoms with Crippen molar-refractivity contribution in [3.05, 3.63) is 41.6 Å². The number of piperazine rings is 1. The lowest BCUT2D eigenvalue weighted by Gasteiger charge is -2.31. The minimum atomic E-state index is 0.420. The van der Waals surface area contributed by atoms with E-state index in [2.05, 4.69) is 46.2 Å². The van der Waals surface area contributed by atoms with E-state index in [1.165, 1.54) is 0 Å². The molecule has 0 aromatic carbocycles. The first-order chi connectivity index (χ1) is 12.2. The molecule has 4 rings (SSSR count). The van der Waals surface area contributed by atoms with Crippen molar-refractivity contribution >= 4 is 57.1 Å². The Morgan fingerprint density at radius 3 is 2.84 bits per heavy atom. The van der Waals surface area contributed by atoms with Gasteiger partial charge in [0.05, 0.1) is 24.5 Å². The van der Waals surface area contributed by atoms with E-state index in [9.17, 15) is 0 Å². The Balaban J connectivity index is 1.68. The molecule has 25 heavy (non-hydrogen) atoms. The highest BCUT2D eigenvalue weighted by molar-refractivity contribution is 14.1. The van der Waals surface area contributed by atoms with Gasteiger partial charge in [-0.3, -0.25) is 0 Å². The van der Waals surface area contributed by atoms with Gasteiger partial charge >= 0.3 is 0 Å². The molecule has 0 spiro atoms. The van der Waals surface area contributed by atoms with Crippen LogP contribution in [0.1, 0.15) is 5.76 Å². The summed E-state index contributed by atoms with van der Waals surface area (Å²) in [5.41, 5.74) is 0.772. The fourth-order valence-electron chi connectivity index (χ4n) is 2.74. The Morgan fingerprint density at radius 2 is 2.08 bits per heavy atom. The van der Waals surface area contributed by atoms with Gasteiger partial charge in [0.2, 0.25) is 5.95 Å². The maximum Gasteiger partial charge on any atom is 0.228 e. The number of halogens is 2. The second kappa shape index (κ2) is 7.30. The highest BCUT2D eigenvalue weighted by Gasteiger charge is 2.19. The zero-order valence-corrected chi connectivity index (χ0v) is 16.2. The molecule has 0 amide bonds. The van der Waals surface area contributed by atoms with E-state index < -0.39 is 0 Å². The van der Waals surface area contributed by atoms with Crippen molar-refractivity contribution in [3.8, 4) is 0 Å². The molecule has 0 saturated carbocycles. The van der Waals surface area contributed by atoms with E-state index in [4.69, 9.17) is 21.0 Å². The number of rotatable bonds is 4. The van der Waals surface area contributed by atoms with Gasteiger partial charge in [0.25, 0.3) is 0 Å². The van der Waals surface area contributed by atoms with Gasteiger partial charge in [-0.1, -0.05) is 11.6 Å². The van der Waals surface area contributed by atoms with Crippen molar-refractivity contribution in [2.75, 3.05) is 36.4 Å². The normalized spacial score (nSPS) is 15.7. The van der Waals surface area contributed by atoms with E-state index in [0.29, 0.717) is 17.6 Å². The number of nitrogens with zero attached hydrogens (tertiary/aromatic N) is 5. The van der Waals surface area contributed by atoms with E-state index in [1.807, 2.05) is 12.1 Å². The molecule has 0 unspecified atom stereocenters. The first-order valence-electron chi connectivity index (χ1n) is 7.94. The summed E-state index contributed by atoms with van der Waals surface area (Å²) in [7, 11) is 0. The summed E-state index contributed by atoms with van der Waals surface area (Å²) >= 11 is 8.41. The van der Waals surface area contributed by atoms with E-state index in [1.54, 1.807) is 18.5 Å². The molecule has 3 aromatic rings. The number of fused-ring (bicyclic) bond motifs is 1. The summed E-state index contributed by atoms with van der Waals surface area (Å²) in [4.78, 5) is 15.8. The van der Waals surface area contributed by atoms with Gasteiger partial charge in [0.15, 0.2) is 0 Å². The zero-order valence-electron chi connectivity index (χ0n) is 13.3. The van der Waals surface area contributed by atoms with Gasteiger partial charge in [-0.05, 0) is 18.2 Å². The van der Waals surface area contributed by atoms with Gasteiger partial charge in [-0.2, -0.15) is 4.98 Å². The van der Waals surface area contributed by atoms with Crippen molar-refractivity contribution in [3.63, 3.8) is 0 Å². The lowest BCUT2D eigenvalue weighted by Crippen LogP contribution is -2.43. The van der Waals surface area contributed by atoms with Crippen molar-refractivity contribution in [1.29, 1.82) is 0 Å². The molecular formula is C16H16ClIN6O. The van der Waals surface area contributed by atoms with Crippen LogP contribution < -0.4 is 10.2 Å². The molecule has 1 aliphatic rings. The van der Waals surface area contributed by atoms with Crippen LogP contribution in [0.5, 0.6) is 0 Å². The summed E-state index contributed by atoms with van der Waals surface area (Å²) in [5.74, 6) is 2.28. The Morgan fingerprint density at radius 1 is 1.24 bits per heavy atom. The summed E-state index contributed by atoms with van der Waals surface area (Å²) in [6.45, 7) is 4.30. The number of pyridine rings is 1. The first kappa shape index (κ1) is 16.8. The quantitative estimate of drug-likeness (QED) is 0.356. The number of hydrogen-bond acceptors (Lipinski definition) is 7. The van der Waals surface area contributed by atoms with Gasteiger partial charge in [0.1, 0.15) is 16.7 Å². The van der Waals surface area contributed by atoms with Gasteiger partial charge < -0.3 is 14.6 Å². The van der Waals surface area contributed by atoms with Gasteiger partial charge in [0, 0.05) is 54.4 Å². The van der Waals surface area contributed by atoms with Crippen LogP contribution in [0.3, 0.4) is 0 Å². The fourth-order valence-corrected chi connectivity index (χ4v) is 3.33. The van der Waals surface area contributed by atoms with E-state index in [0.717, 1.165) is 48.7 Å². The number of aromatic nitrogens is 3. The van der Waals surface area contributed by atoms with E-state index >= 15 is 0 Å². The van der Waals surface area contributed by atoms with Crippen molar-refractivity contribution < 1.29 is 4.42 Å². The third kappa shape index (κ3) is 3.80. The maximum atomic E-state index is 6.07. The second-order valence-electron chi connectivity index (χ2n) is 5.73. The molecule has 0 bridgehead atoms. The second-order valence-corrected chi connectivity index (χ2v) is 7.48. The Kier molecular flexibility index (Phi) is 4.91. The maximum absolute atomic E-state index is 6.07. The smallest absolute Gasteiger partial charge is 0.228 e. The van der Waals surface area contributed by atoms with Crippen LogP contribution in [-0.2, 0) is 6.54 Å². The van der Waals surface area contributed by atoms with Crippen LogP contribution in [0.2, 0.25) is 5.15 Å². The summed E-state index contributed by atoms with van der Waals surface area (Å²) in [6.07, 6.45) is 3.35. The molecule has 4 heterocycles. The average Bonchev–Trinajstić information content (AvgIpc) is 3.14. The van der Waals surface area contributed by atoms with Crippen LogP contribution >= 0.6 is 34.5 Å². The van der Waals surface area contributed by atoms with Gasteiger partial charge in [-0.15, -0.1) is 0 Å². The SMILES string of the molecule is Clc1cc2c(NCc3ccco3)nc(N3CCN(I)CC3)nc2cn1. The molecule has 0 aliphatic carbocycles. The molecule has 1 N–H and O–H groups in total. The lowest BCUT2D eigenvalue weighted by atomic mass is 10.3. The Bertz CT molecular complexity index is 866. The van der Waals surface area contributed by atoms with Crippen molar-refractivity contribution in [2.24, 2.45) is 0 Å². The van der Waals surface area contributed by atoms with Crippen molar-refractivity contribution in [2.45, 2.75) is 6.54 Å². The highest BCUT2D eigenvalue weighted by Crippen LogP contribution is 2.26. The predicted octanol–water partition coefficient (Wildman–Crippen LogP) is 3.36. The largest absolute Gasteiger partial charge is 0.467 e. The molecule has 7 nitrogen and oxygen atoms in total. The standard InChI is InChI=1S/C16H16ClIN6O/c17-14-8-12-13(10-19-14)21-16(23-3-5-24(18)6-4-23)22-15(12)20-9-11-2-1-7-25-11/h1-2,7-8,10H,3-6,9H2,(H,20,21,22). The molecule has 1 aliphatic heterocycles. The topological polar surface area (TPSA) is 70.3 Å². The molecule has 1 fully saturated rings. The number of anilines is 2. The fraction of sp³-hybridized carbons (Fsp3) is 0.312. The highest BCUT2D eigenvalue weighted by atomic mass is 127. The third-order valence-corrected chi connectivity index (χ3v) is 5.23. The predicted molar refractivity (Wildman–Crippen MR) is 106 cm³/mol. The lowest BCUT2D eigenvalue weighted by molar-refractivity contribution is 0.456. The summed E-state index contributed by atoms with van der Waals surface area (Å²) in [6, 6.07) is 5.57. The third-order valence-electron chi connectivity index (χ3n) is 4.06. The minimum Gasteiger partial charge on any atom is -0.467 e. The molecule has 1 saturated heterocycles. The molecule has 3 aromatic heterocycles. The van der Waals surface area contributed by atoms with E-state index in [-0.39, 0.29) is 0 Å². The Labute approximate surface area is 163 Å². The van der Waals surface area contributed by atoms with Crippen LogP contribution in [0.15, 0.2) is 35.1 Å². The minimum absolute atomic E-state index is 0.420. The van der Waals surface area contributed by atoms with Crippen LogP contribution in [0.4, 0.5) is 11.8 Å². The molecule has 0 radical (unpaired) electrons. The summed E-state index contributed by atoms with van der Waals surface area (Å²) in [5, 5.41) is 4.61. The molecule has 9 heteroatoms. The average molecular weight is 471 g/mol. The van der Waals surface area contributed by atoms with Gasteiger partial charge in [-0.25, -0.2) is 13.1 Å². The van der Waals surface area contributed by atoms with Crippen molar-refractivity contribution in [1.82, 2.24) is 18.1 Å². The van der Waals surface area contributed by atoms with Crippen LogP contribution in [0.25, 0.3) is 10.9 Å². The monoisotopic (exact) mass is 470 g/mol. The first-order valence-corrected chi connectivity index (χ1v) is 9.28. The zero-order chi connectivity index (χ0) is 17.2. The molecular weight excluding hydrogens is 455 g/mol. The number of nitrogens with one attached hydrogen (secondary N) is 1. The Hall–Kier alpha value is -1.65.